The van der Waals surface area contributed by atoms with E-state index in [0.29, 0.717) is 5.02 Å². The number of hydrogen-bond donors (Lipinski definition) is 2. The molecular weight excluding hydrogens is 458 g/mol. The molecule has 0 radical (unpaired) electrons. The monoisotopic (exact) mass is 476 g/mol. The molecule has 0 heterocycles. The second-order valence-corrected chi connectivity index (χ2v) is 9.08. The van der Waals surface area contributed by atoms with E-state index >= 15 is 0 Å². The molecule has 1 unspecified atom stereocenters. The Morgan fingerprint density at radius 2 is 1.80 bits per heavy atom. The topological polar surface area (TPSA) is 102 Å². The van der Waals surface area contributed by atoms with E-state index in [9.17, 15) is 22.4 Å². The maximum atomic E-state index is 13.9. The van der Waals surface area contributed by atoms with Crippen molar-refractivity contribution < 1.29 is 27.1 Å². The molecule has 2 aromatic carbocycles. The van der Waals surface area contributed by atoms with Crippen molar-refractivity contribution >= 4 is 50.8 Å². The fourth-order valence-corrected chi connectivity index (χ4v) is 4.10. The van der Waals surface area contributed by atoms with Crippen LogP contribution in [0.5, 0.6) is 0 Å². The van der Waals surface area contributed by atoms with Gasteiger partial charge in [0.25, 0.3) is 5.91 Å². The lowest BCUT2D eigenvalue weighted by molar-refractivity contribution is -0.150. The molecule has 1 amide bonds. The average molecular weight is 477 g/mol. The van der Waals surface area contributed by atoms with E-state index < -0.39 is 51.2 Å². The van der Waals surface area contributed by atoms with Crippen LogP contribution < -0.4 is 10.0 Å². The third-order valence-corrected chi connectivity index (χ3v) is 5.92. The number of carbonyl (C=O) groups excluding carboxylic acids is 2. The molecule has 0 bridgehead atoms. The highest BCUT2D eigenvalue weighted by Gasteiger charge is 2.31. The first-order chi connectivity index (χ1) is 14.0. The SMILES string of the molecule is CC(C)C(NS(=O)(=O)c1ccccc1F)C(=O)OCC(=O)Nc1cc(Cl)ccc1Cl. The third-order valence-electron chi connectivity index (χ3n) is 3.88. The molecule has 0 saturated heterocycles. The molecule has 0 aliphatic carbocycles. The van der Waals surface area contributed by atoms with Crippen LogP contribution in [0.15, 0.2) is 47.4 Å². The lowest BCUT2D eigenvalue weighted by Gasteiger charge is -2.21. The van der Waals surface area contributed by atoms with Gasteiger partial charge in [-0.05, 0) is 36.2 Å². The van der Waals surface area contributed by atoms with Gasteiger partial charge < -0.3 is 10.1 Å². The molecule has 162 valence electrons. The summed E-state index contributed by atoms with van der Waals surface area (Å²) in [7, 11) is -4.34. The van der Waals surface area contributed by atoms with Crippen molar-refractivity contribution in [3.63, 3.8) is 0 Å². The molecular formula is C19H19Cl2FN2O5S. The predicted octanol–water partition coefficient (Wildman–Crippen LogP) is 3.62. The van der Waals surface area contributed by atoms with E-state index in [-0.39, 0.29) is 10.7 Å². The molecule has 2 rings (SSSR count). The summed E-state index contributed by atoms with van der Waals surface area (Å²) in [6.07, 6.45) is 0. The zero-order chi connectivity index (χ0) is 22.5. The van der Waals surface area contributed by atoms with Crippen molar-refractivity contribution in [2.45, 2.75) is 24.8 Å². The maximum Gasteiger partial charge on any atom is 0.324 e. The third kappa shape index (κ3) is 6.40. The molecule has 0 aromatic heterocycles. The number of sulfonamides is 1. The van der Waals surface area contributed by atoms with Crippen LogP contribution in [-0.4, -0.2) is 32.9 Å². The average Bonchev–Trinajstić information content (AvgIpc) is 2.67. The predicted molar refractivity (Wildman–Crippen MR) is 111 cm³/mol. The Balaban J connectivity index is 2.04. The van der Waals surface area contributed by atoms with Crippen molar-refractivity contribution in [2.75, 3.05) is 11.9 Å². The van der Waals surface area contributed by atoms with E-state index in [0.717, 1.165) is 12.1 Å². The van der Waals surface area contributed by atoms with E-state index in [1.54, 1.807) is 13.8 Å². The highest BCUT2D eigenvalue weighted by molar-refractivity contribution is 7.89. The van der Waals surface area contributed by atoms with Crippen LogP contribution in [0.4, 0.5) is 10.1 Å². The number of carbonyl (C=O) groups is 2. The van der Waals surface area contributed by atoms with Gasteiger partial charge in [0, 0.05) is 5.02 Å². The number of benzene rings is 2. The van der Waals surface area contributed by atoms with Crippen LogP contribution in [0.1, 0.15) is 13.8 Å². The van der Waals surface area contributed by atoms with Crippen LogP contribution in [0, 0.1) is 11.7 Å². The van der Waals surface area contributed by atoms with Crippen molar-refractivity contribution in [1.82, 2.24) is 4.72 Å². The van der Waals surface area contributed by atoms with Crippen LogP contribution in [0.2, 0.25) is 10.0 Å². The smallest absolute Gasteiger partial charge is 0.324 e. The van der Waals surface area contributed by atoms with Crippen LogP contribution in [0.25, 0.3) is 0 Å². The van der Waals surface area contributed by atoms with Gasteiger partial charge in [-0.1, -0.05) is 49.2 Å². The number of anilines is 1. The molecule has 30 heavy (non-hydrogen) atoms. The van der Waals surface area contributed by atoms with E-state index in [1.807, 2.05) is 0 Å². The molecule has 0 fully saturated rings. The fourth-order valence-electron chi connectivity index (χ4n) is 2.36. The first-order valence-electron chi connectivity index (χ1n) is 8.69. The summed E-state index contributed by atoms with van der Waals surface area (Å²) in [5, 5.41) is 3.01. The highest BCUT2D eigenvalue weighted by atomic mass is 35.5. The van der Waals surface area contributed by atoms with Gasteiger partial charge in [-0.25, -0.2) is 12.8 Å². The summed E-state index contributed by atoms with van der Waals surface area (Å²) < 4.78 is 45.8. The van der Waals surface area contributed by atoms with Crippen LogP contribution in [0.3, 0.4) is 0 Å². The van der Waals surface area contributed by atoms with Gasteiger partial charge in [0.2, 0.25) is 10.0 Å². The maximum absolute atomic E-state index is 13.9. The zero-order valence-corrected chi connectivity index (χ0v) is 18.3. The summed E-state index contributed by atoms with van der Waals surface area (Å²) in [6, 6.07) is 7.86. The molecule has 2 N–H and O–H groups in total. The minimum atomic E-state index is -4.34. The summed E-state index contributed by atoms with van der Waals surface area (Å²) in [5.41, 5.74) is 0.228. The van der Waals surface area contributed by atoms with Gasteiger partial charge in [0.05, 0.1) is 10.7 Å². The first-order valence-corrected chi connectivity index (χ1v) is 10.9. The molecule has 1 atom stereocenters. The second kappa shape index (κ2) is 10.2. The van der Waals surface area contributed by atoms with E-state index in [1.165, 1.54) is 30.3 Å². The number of rotatable bonds is 8. The van der Waals surface area contributed by atoms with Gasteiger partial charge in [-0.2, -0.15) is 4.72 Å². The largest absolute Gasteiger partial charge is 0.454 e. The molecule has 0 spiro atoms. The molecule has 0 aliphatic rings. The summed E-state index contributed by atoms with van der Waals surface area (Å²) in [5.74, 6) is -3.19. The fraction of sp³-hybridized carbons (Fsp3) is 0.263. The minimum Gasteiger partial charge on any atom is -0.454 e. The van der Waals surface area contributed by atoms with Gasteiger partial charge in [-0.3, -0.25) is 9.59 Å². The summed E-state index contributed by atoms with van der Waals surface area (Å²) >= 11 is 11.8. The highest BCUT2D eigenvalue weighted by Crippen LogP contribution is 2.25. The number of ether oxygens (including phenoxy) is 1. The van der Waals surface area contributed by atoms with Gasteiger partial charge in [0.15, 0.2) is 6.61 Å². The molecule has 0 aliphatic heterocycles. The number of hydrogen-bond acceptors (Lipinski definition) is 5. The van der Waals surface area contributed by atoms with Crippen LogP contribution in [-0.2, 0) is 24.3 Å². The normalized spacial score (nSPS) is 12.5. The Labute approximate surface area is 183 Å². The number of esters is 1. The molecule has 0 saturated carbocycles. The van der Waals surface area contributed by atoms with Gasteiger partial charge in [-0.15, -0.1) is 0 Å². The lowest BCUT2D eigenvalue weighted by Crippen LogP contribution is -2.46. The Hall–Kier alpha value is -2.20. The number of amides is 1. The number of halogens is 3. The Morgan fingerprint density at radius 3 is 2.43 bits per heavy atom. The molecule has 11 heteroatoms. The number of nitrogens with one attached hydrogen (secondary N) is 2. The molecule has 7 nitrogen and oxygen atoms in total. The second-order valence-electron chi connectivity index (χ2n) is 6.55. The Bertz CT molecular complexity index is 1050. The Morgan fingerprint density at radius 1 is 1.13 bits per heavy atom. The van der Waals surface area contributed by atoms with Crippen molar-refractivity contribution in [3.8, 4) is 0 Å². The first kappa shape index (κ1) is 24.1. The van der Waals surface area contributed by atoms with Crippen LogP contribution >= 0.6 is 23.2 Å². The summed E-state index contributed by atoms with van der Waals surface area (Å²) in [4.78, 5) is 23.8. The van der Waals surface area contributed by atoms with Gasteiger partial charge >= 0.3 is 5.97 Å². The van der Waals surface area contributed by atoms with E-state index in [2.05, 4.69) is 10.0 Å². The van der Waals surface area contributed by atoms with Crippen molar-refractivity contribution in [1.29, 1.82) is 0 Å². The van der Waals surface area contributed by atoms with Gasteiger partial charge in [0.1, 0.15) is 16.8 Å². The zero-order valence-electron chi connectivity index (χ0n) is 16.0. The Kier molecular flexibility index (Phi) is 8.19. The minimum absolute atomic E-state index is 0.228. The standard InChI is InChI=1S/C19H19Cl2FN2O5S/c1-11(2)18(24-30(27,28)16-6-4-3-5-14(16)22)19(26)29-10-17(25)23-15-9-12(20)7-8-13(15)21/h3-9,11,18,24H,10H2,1-2H3,(H,23,25). The summed E-state index contributed by atoms with van der Waals surface area (Å²) in [6.45, 7) is 2.45. The molecule has 2 aromatic rings. The lowest BCUT2D eigenvalue weighted by atomic mass is 10.1. The van der Waals surface area contributed by atoms with Crippen molar-refractivity contribution in [3.05, 3.63) is 58.3 Å². The van der Waals surface area contributed by atoms with E-state index in [4.69, 9.17) is 27.9 Å². The quantitative estimate of drug-likeness (QED) is 0.566. The van der Waals surface area contributed by atoms with Crippen molar-refractivity contribution in [2.24, 2.45) is 5.92 Å².